The number of methoxy groups -OCH3 is 2. The van der Waals surface area contributed by atoms with Crippen molar-refractivity contribution >= 4 is 21.7 Å². The van der Waals surface area contributed by atoms with Crippen LogP contribution in [0.25, 0.3) is 0 Å². The normalized spacial score (nSPS) is 11.1. The first kappa shape index (κ1) is 19.6. The third kappa shape index (κ3) is 4.66. The molecule has 0 amide bonds. The number of hydrogen-bond acceptors (Lipinski definition) is 6. The summed E-state index contributed by atoms with van der Waals surface area (Å²) < 4.78 is 42.8. The Morgan fingerprint density at radius 1 is 0.962 bits per heavy atom. The van der Waals surface area contributed by atoms with Crippen LogP contribution in [0.5, 0.6) is 11.5 Å². The van der Waals surface area contributed by atoms with Crippen molar-refractivity contribution in [2.24, 2.45) is 0 Å². The number of anilines is 1. The van der Waals surface area contributed by atoms with Crippen molar-refractivity contribution in [1.29, 1.82) is 0 Å². The fourth-order valence-corrected chi connectivity index (χ4v) is 3.23. The topological polar surface area (TPSA) is 90.9 Å². The summed E-state index contributed by atoms with van der Waals surface area (Å²) in [6.07, 6.45) is -0.231. The van der Waals surface area contributed by atoms with E-state index in [1.165, 1.54) is 56.7 Å². The fourth-order valence-electron chi connectivity index (χ4n) is 2.15. The summed E-state index contributed by atoms with van der Waals surface area (Å²) in [5, 5.41) is 0. The van der Waals surface area contributed by atoms with Gasteiger partial charge in [0.2, 0.25) is 0 Å². The van der Waals surface area contributed by atoms with E-state index in [1.807, 2.05) is 0 Å². The summed E-state index contributed by atoms with van der Waals surface area (Å²) in [7, 11) is -0.929. The highest BCUT2D eigenvalue weighted by Crippen LogP contribution is 2.30. The predicted octanol–water partition coefficient (Wildman–Crippen LogP) is 3.07. The Morgan fingerprint density at radius 3 is 2.12 bits per heavy atom. The summed E-state index contributed by atoms with van der Waals surface area (Å²) >= 11 is 0. The summed E-state index contributed by atoms with van der Waals surface area (Å²) in [6, 6.07) is 10.3. The van der Waals surface area contributed by atoms with Crippen molar-refractivity contribution in [2.45, 2.75) is 24.8 Å². The standard InChI is InChI=1S/C18H21NO6S/c1-12(2)25-18(20)13-5-7-14(8-6-13)19-26(21,22)15-9-10-16(23-3)17(11-15)24-4/h5-12,19H,1-4H3. The SMILES string of the molecule is COc1ccc(S(=O)(=O)Nc2ccc(C(=O)OC(C)C)cc2)cc1OC. The zero-order valence-corrected chi connectivity index (χ0v) is 15.8. The third-order valence-corrected chi connectivity index (χ3v) is 4.76. The minimum Gasteiger partial charge on any atom is -0.493 e. The van der Waals surface area contributed by atoms with Crippen LogP contribution in [0.4, 0.5) is 5.69 Å². The quantitative estimate of drug-likeness (QED) is 0.744. The molecule has 0 saturated carbocycles. The van der Waals surface area contributed by atoms with Crippen LogP contribution in [0, 0.1) is 0 Å². The number of carbonyl (C=O) groups excluding carboxylic acids is 1. The van der Waals surface area contributed by atoms with Crippen LogP contribution in [0.15, 0.2) is 47.4 Å². The molecule has 0 heterocycles. The maximum atomic E-state index is 12.5. The molecule has 0 unspecified atom stereocenters. The maximum Gasteiger partial charge on any atom is 0.338 e. The lowest BCUT2D eigenvalue weighted by Gasteiger charge is -2.12. The molecule has 0 saturated heterocycles. The lowest BCUT2D eigenvalue weighted by molar-refractivity contribution is 0.0378. The molecule has 0 spiro atoms. The summed E-state index contributed by atoms with van der Waals surface area (Å²) in [6.45, 7) is 3.51. The molecule has 0 bridgehead atoms. The molecule has 0 fully saturated rings. The largest absolute Gasteiger partial charge is 0.493 e. The van der Waals surface area contributed by atoms with Gasteiger partial charge in [-0.1, -0.05) is 0 Å². The van der Waals surface area contributed by atoms with E-state index in [0.717, 1.165) is 0 Å². The van der Waals surface area contributed by atoms with Gasteiger partial charge in [0.15, 0.2) is 11.5 Å². The molecule has 8 heteroatoms. The van der Waals surface area contributed by atoms with Crippen LogP contribution in [0.2, 0.25) is 0 Å². The molecule has 2 aromatic rings. The predicted molar refractivity (Wildman–Crippen MR) is 97.3 cm³/mol. The van der Waals surface area contributed by atoms with Gasteiger partial charge in [-0.15, -0.1) is 0 Å². The van der Waals surface area contributed by atoms with E-state index in [4.69, 9.17) is 14.2 Å². The Bertz CT molecular complexity index is 875. The number of nitrogens with one attached hydrogen (secondary N) is 1. The molecule has 2 rings (SSSR count). The number of rotatable bonds is 7. The Labute approximate surface area is 152 Å². The number of sulfonamides is 1. The number of hydrogen-bond donors (Lipinski definition) is 1. The minimum atomic E-state index is -3.82. The number of ether oxygens (including phenoxy) is 3. The van der Waals surface area contributed by atoms with Gasteiger partial charge in [0, 0.05) is 11.8 Å². The highest BCUT2D eigenvalue weighted by atomic mass is 32.2. The van der Waals surface area contributed by atoms with E-state index < -0.39 is 16.0 Å². The van der Waals surface area contributed by atoms with Gasteiger partial charge < -0.3 is 14.2 Å². The summed E-state index contributed by atoms with van der Waals surface area (Å²) in [4.78, 5) is 11.8. The molecule has 0 aliphatic heterocycles. The van der Waals surface area contributed by atoms with Gasteiger partial charge in [-0.2, -0.15) is 0 Å². The van der Waals surface area contributed by atoms with Crippen molar-refractivity contribution in [1.82, 2.24) is 0 Å². The molecule has 2 aromatic carbocycles. The lowest BCUT2D eigenvalue weighted by Crippen LogP contribution is -2.14. The fraction of sp³-hybridized carbons (Fsp3) is 0.278. The van der Waals surface area contributed by atoms with Crippen LogP contribution < -0.4 is 14.2 Å². The summed E-state index contributed by atoms with van der Waals surface area (Å²) in [5.41, 5.74) is 0.661. The van der Waals surface area contributed by atoms with E-state index in [2.05, 4.69) is 4.72 Å². The van der Waals surface area contributed by atoms with E-state index in [1.54, 1.807) is 13.8 Å². The van der Waals surface area contributed by atoms with Gasteiger partial charge >= 0.3 is 5.97 Å². The maximum absolute atomic E-state index is 12.5. The van der Waals surface area contributed by atoms with Crippen molar-refractivity contribution in [3.05, 3.63) is 48.0 Å². The first-order valence-electron chi connectivity index (χ1n) is 7.82. The molecule has 0 atom stereocenters. The van der Waals surface area contributed by atoms with Crippen LogP contribution in [0.3, 0.4) is 0 Å². The lowest BCUT2D eigenvalue weighted by atomic mass is 10.2. The summed E-state index contributed by atoms with van der Waals surface area (Å²) in [5.74, 6) is 0.274. The van der Waals surface area contributed by atoms with E-state index in [9.17, 15) is 13.2 Å². The highest BCUT2D eigenvalue weighted by molar-refractivity contribution is 7.92. The average molecular weight is 379 g/mol. The molecule has 26 heavy (non-hydrogen) atoms. The third-order valence-electron chi connectivity index (χ3n) is 3.38. The molecule has 140 valence electrons. The van der Waals surface area contributed by atoms with Gasteiger partial charge in [-0.3, -0.25) is 4.72 Å². The zero-order valence-electron chi connectivity index (χ0n) is 15.0. The van der Waals surface area contributed by atoms with Crippen molar-refractivity contribution in [2.75, 3.05) is 18.9 Å². The van der Waals surface area contributed by atoms with E-state index in [-0.39, 0.29) is 11.0 Å². The van der Waals surface area contributed by atoms with E-state index >= 15 is 0 Å². The number of carbonyl (C=O) groups is 1. The van der Waals surface area contributed by atoms with Gasteiger partial charge in [0.05, 0.1) is 30.8 Å². The molecular formula is C18H21NO6S. The molecule has 0 aliphatic rings. The monoisotopic (exact) mass is 379 g/mol. The van der Waals surface area contributed by atoms with Gasteiger partial charge in [-0.05, 0) is 50.2 Å². The molecule has 1 N–H and O–H groups in total. The van der Waals surface area contributed by atoms with Crippen molar-refractivity contribution < 1.29 is 27.4 Å². The molecule has 7 nitrogen and oxygen atoms in total. The second kappa shape index (κ2) is 8.09. The average Bonchev–Trinajstić information content (AvgIpc) is 2.60. The number of benzene rings is 2. The van der Waals surface area contributed by atoms with Gasteiger partial charge in [0.1, 0.15) is 0 Å². The Balaban J connectivity index is 2.20. The van der Waals surface area contributed by atoms with Crippen molar-refractivity contribution in [3.63, 3.8) is 0 Å². The van der Waals surface area contributed by atoms with Crippen LogP contribution in [0.1, 0.15) is 24.2 Å². The second-order valence-electron chi connectivity index (χ2n) is 5.65. The zero-order chi connectivity index (χ0) is 19.3. The highest BCUT2D eigenvalue weighted by Gasteiger charge is 2.18. The molecular weight excluding hydrogens is 358 g/mol. The van der Waals surface area contributed by atoms with Crippen molar-refractivity contribution in [3.8, 4) is 11.5 Å². The van der Waals surface area contributed by atoms with E-state index in [0.29, 0.717) is 22.7 Å². The Kier molecular flexibility index (Phi) is 6.10. The van der Waals surface area contributed by atoms with Gasteiger partial charge in [-0.25, -0.2) is 13.2 Å². The minimum absolute atomic E-state index is 0.0263. The molecule has 0 aromatic heterocycles. The Hall–Kier alpha value is -2.74. The number of esters is 1. The molecule has 0 radical (unpaired) electrons. The van der Waals surface area contributed by atoms with Crippen LogP contribution >= 0.6 is 0 Å². The second-order valence-corrected chi connectivity index (χ2v) is 7.34. The van der Waals surface area contributed by atoms with Crippen LogP contribution in [-0.2, 0) is 14.8 Å². The Morgan fingerprint density at radius 2 is 1.58 bits per heavy atom. The first-order chi connectivity index (χ1) is 12.3. The van der Waals surface area contributed by atoms with Gasteiger partial charge in [0.25, 0.3) is 10.0 Å². The van der Waals surface area contributed by atoms with Crippen LogP contribution in [-0.4, -0.2) is 34.7 Å². The smallest absolute Gasteiger partial charge is 0.338 e. The first-order valence-corrected chi connectivity index (χ1v) is 9.31. The molecule has 0 aliphatic carbocycles.